The number of esters is 1. The van der Waals surface area contributed by atoms with Crippen molar-refractivity contribution in [3.05, 3.63) is 33.9 Å². The molecule has 1 aliphatic rings. The molecule has 3 atom stereocenters. The Hall–Kier alpha value is -2.31. The number of benzene rings is 1. The molecule has 1 aromatic rings. The predicted molar refractivity (Wildman–Crippen MR) is 77.8 cm³/mol. The van der Waals surface area contributed by atoms with Gasteiger partial charge in [-0.05, 0) is 6.07 Å². The molecule has 0 amide bonds. The molecule has 0 N–H and O–H groups in total. The van der Waals surface area contributed by atoms with E-state index < -0.39 is 12.1 Å². The number of carbonyl (C=O) groups excluding carboxylic acids is 1. The van der Waals surface area contributed by atoms with Gasteiger partial charge in [0.15, 0.2) is 11.5 Å². The molecule has 1 heterocycles. The molecule has 120 valence electrons. The largest absolute Gasteiger partial charge is 0.493 e. The van der Waals surface area contributed by atoms with Crippen LogP contribution >= 0.6 is 0 Å². The number of fused-ring (bicyclic) bond motifs is 1. The van der Waals surface area contributed by atoms with Gasteiger partial charge in [0.25, 0.3) is 0 Å². The fourth-order valence-electron chi connectivity index (χ4n) is 2.81. The minimum Gasteiger partial charge on any atom is -0.493 e. The van der Waals surface area contributed by atoms with E-state index in [4.69, 9.17) is 9.47 Å². The minimum atomic E-state index is -0.485. The maximum atomic E-state index is 11.6. The smallest absolute Gasteiger partial charge is 0.309 e. The van der Waals surface area contributed by atoms with Gasteiger partial charge in [-0.3, -0.25) is 14.9 Å². The molecule has 0 unspecified atom stereocenters. The average Bonchev–Trinajstić information content (AvgIpc) is 2.50. The summed E-state index contributed by atoms with van der Waals surface area (Å²) in [5.74, 6) is 0.0409. The Morgan fingerprint density at radius 1 is 1.41 bits per heavy atom. The third-order valence-corrected chi connectivity index (χ3v) is 4.06. The summed E-state index contributed by atoms with van der Waals surface area (Å²) < 4.78 is 15.8. The SMILES string of the molecule is COC(=O)C[C@H]1Oc2c(OC)cccc2[C@H](C[N+](=O)[O-])[C@@H]1C. The molecule has 0 radical (unpaired) electrons. The maximum Gasteiger partial charge on any atom is 0.309 e. The van der Waals surface area contributed by atoms with Gasteiger partial charge in [0.1, 0.15) is 6.10 Å². The molecule has 0 fully saturated rings. The molecule has 22 heavy (non-hydrogen) atoms. The van der Waals surface area contributed by atoms with Crippen LogP contribution in [0.2, 0.25) is 0 Å². The Balaban J connectivity index is 2.41. The lowest BCUT2D eigenvalue weighted by Gasteiger charge is -2.36. The molecule has 0 aromatic heterocycles. The van der Waals surface area contributed by atoms with Gasteiger partial charge >= 0.3 is 5.97 Å². The molecule has 0 saturated heterocycles. The lowest BCUT2D eigenvalue weighted by molar-refractivity contribution is -0.485. The number of ether oxygens (including phenoxy) is 3. The second kappa shape index (κ2) is 6.64. The van der Waals surface area contributed by atoms with Crippen molar-refractivity contribution in [2.75, 3.05) is 20.8 Å². The van der Waals surface area contributed by atoms with E-state index in [0.29, 0.717) is 11.5 Å². The Morgan fingerprint density at radius 3 is 2.73 bits per heavy atom. The highest BCUT2D eigenvalue weighted by Gasteiger charge is 2.40. The summed E-state index contributed by atoms with van der Waals surface area (Å²) >= 11 is 0. The number of hydrogen-bond acceptors (Lipinski definition) is 6. The molecule has 0 bridgehead atoms. The molecule has 1 aromatic carbocycles. The van der Waals surface area contributed by atoms with Crippen molar-refractivity contribution < 1.29 is 23.9 Å². The first-order valence-electron chi connectivity index (χ1n) is 7.00. The van der Waals surface area contributed by atoms with Crippen molar-refractivity contribution in [1.82, 2.24) is 0 Å². The Morgan fingerprint density at radius 2 is 2.14 bits per heavy atom. The van der Waals surface area contributed by atoms with Crippen LogP contribution in [0.4, 0.5) is 0 Å². The first-order valence-corrected chi connectivity index (χ1v) is 7.00. The van der Waals surface area contributed by atoms with E-state index in [9.17, 15) is 14.9 Å². The quantitative estimate of drug-likeness (QED) is 0.470. The third kappa shape index (κ3) is 3.13. The standard InChI is InChI=1S/C15H19NO6/c1-9-11(8-16(18)19)10-5-4-6-12(20-2)15(10)22-13(9)7-14(17)21-3/h4-6,9,11,13H,7-8H2,1-3H3/t9-,11+,13+/m0/s1. The minimum absolute atomic E-state index is 0.0450. The van der Waals surface area contributed by atoms with Crippen LogP contribution in [-0.4, -0.2) is 37.8 Å². The lowest BCUT2D eigenvalue weighted by atomic mass is 9.80. The topological polar surface area (TPSA) is 87.9 Å². The Kier molecular flexibility index (Phi) is 4.85. The summed E-state index contributed by atoms with van der Waals surface area (Å²) in [6, 6.07) is 5.31. The molecule has 7 heteroatoms. The molecule has 2 rings (SSSR count). The van der Waals surface area contributed by atoms with E-state index in [-0.39, 0.29) is 29.7 Å². The Bertz CT molecular complexity index is 573. The highest BCUT2D eigenvalue weighted by Crippen LogP contribution is 2.45. The van der Waals surface area contributed by atoms with E-state index in [2.05, 4.69) is 4.74 Å². The normalized spacial score (nSPS) is 23.1. The highest BCUT2D eigenvalue weighted by molar-refractivity contribution is 5.70. The Labute approximate surface area is 128 Å². The lowest BCUT2D eigenvalue weighted by Crippen LogP contribution is -2.38. The summed E-state index contributed by atoms with van der Waals surface area (Å²) in [7, 11) is 2.81. The predicted octanol–water partition coefficient (Wildman–Crippen LogP) is 2.02. The monoisotopic (exact) mass is 309 g/mol. The van der Waals surface area contributed by atoms with Crippen LogP contribution in [0.5, 0.6) is 11.5 Å². The zero-order valence-corrected chi connectivity index (χ0v) is 12.8. The van der Waals surface area contributed by atoms with Crippen molar-refractivity contribution in [2.45, 2.75) is 25.4 Å². The van der Waals surface area contributed by atoms with Gasteiger partial charge in [0.05, 0.1) is 26.6 Å². The molecular weight excluding hydrogens is 290 g/mol. The van der Waals surface area contributed by atoms with Crippen molar-refractivity contribution in [2.24, 2.45) is 5.92 Å². The van der Waals surface area contributed by atoms with Gasteiger partial charge in [-0.2, -0.15) is 0 Å². The summed E-state index contributed by atoms with van der Waals surface area (Å²) in [6.45, 7) is 1.63. The molecular formula is C15H19NO6. The van der Waals surface area contributed by atoms with E-state index in [1.54, 1.807) is 18.2 Å². The van der Waals surface area contributed by atoms with E-state index >= 15 is 0 Å². The van der Waals surface area contributed by atoms with Gasteiger partial charge in [-0.1, -0.05) is 19.1 Å². The van der Waals surface area contributed by atoms with Crippen LogP contribution in [0.3, 0.4) is 0 Å². The second-order valence-corrected chi connectivity index (χ2v) is 5.30. The van der Waals surface area contributed by atoms with Crippen molar-refractivity contribution >= 4 is 5.97 Å². The number of hydrogen-bond donors (Lipinski definition) is 0. The molecule has 1 aliphatic heterocycles. The van der Waals surface area contributed by atoms with Crippen molar-refractivity contribution in [3.8, 4) is 11.5 Å². The van der Waals surface area contributed by atoms with E-state index in [1.165, 1.54) is 14.2 Å². The third-order valence-electron chi connectivity index (χ3n) is 4.06. The van der Waals surface area contributed by atoms with Crippen LogP contribution in [0, 0.1) is 16.0 Å². The molecule has 0 spiro atoms. The molecule has 0 saturated carbocycles. The fourth-order valence-corrected chi connectivity index (χ4v) is 2.81. The maximum absolute atomic E-state index is 11.6. The van der Waals surface area contributed by atoms with E-state index in [0.717, 1.165) is 5.56 Å². The molecule has 7 nitrogen and oxygen atoms in total. The van der Waals surface area contributed by atoms with Gasteiger partial charge < -0.3 is 14.2 Å². The second-order valence-electron chi connectivity index (χ2n) is 5.30. The van der Waals surface area contributed by atoms with Gasteiger partial charge in [0, 0.05) is 16.4 Å². The average molecular weight is 309 g/mol. The number of carbonyl (C=O) groups is 1. The zero-order chi connectivity index (χ0) is 16.3. The first-order chi connectivity index (χ1) is 10.5. The van der Waals surface area contributed by atoms with Gasteiger partial charge in [-0.25, -0.2) is 0 Å². The fraction of sp³-hybridized carbons (Fsp3) is 0.533. The first kappa shape index (κ1) is 16.1. The zero-order valence-electron chi connectivity index (χ0n) is 12.8. The number of nitrogens with zero attached hydrogens (tertiary/aromatic N) is 1. The summed E-state index contributed by atoms with van der Waals surface area (Å²) in [4.78, 5) is 22.2. The van der Waals surface area contributed by atoms with Crippen LogP contribution in [-0.2, 0) is 9.53 Å². The van der Waals surface area contributed by atoms with Crippen molar-refractivity contribution in [3.63, 3.8) is 0 Å². The van der Waals surface area contributed by atoms with Crippen LogP contribution in [0.15, 0.2) is 18.2 Å². The van der Waals surface area contributed by atoms with Crippen LogP contribution in [0.1, 0.15) is 24.8 Å². The number of methoxy groups -OCH3 is 2. The summed E-state index contributed by atoms with van der Waals surface area (Å²) in [6.07, 6.45) is -0.440. The highest BCUT2D eigenvalue weighted by atomic mass is 16.6. The number of rotatable bonds is 5. The summed E-state index contributed by atoms with van der Waals surface area (Å²) in [5.41, 5.74) is 0.740. The number of para-hydroxylation sites is 1. The van der Waals surface area contributed by atoms with Crippen molar-refractivity contribution in [1.29, 1.82) is 0 Å². The van der Waals surface area contributed by atoms with Crippen LogP contribution in [0.25, 0.3) is 0 Å². The molecule has 0 aliphatic carbocycles. The number of nitro groups is 1. The van der Waals surface area contributed by atoms with E-state index in [1.807, 2.05) is 6.92 Å². The van der Waals surface area contributed by atoms with Gasteiger partial charge in [-0.15, -0.1) is 0 Å². The summed E-state index contributed by atoms with van der Waals surface area (Å²) in [5, 5.41) is 11.0. The van der Waals surface area contributed by atoms with Gasteiger partial charge in [0.2, 0.25) is 6.54 Å². The van der Waals surface area contributed by atoms with Crippen LogP contribution < -0.4 is 9.47 Å².